The van der Waals surface area contributed by atoms with Crippen molar-refractivity contribution in [1.29, 1.82) is 0 Å². The van der Waals surface area contributed by atoms with Crippen molar-refractivity contribution < 1.29 is 72.0 Å². The molecule has 2 N–H and O–H groups in total. The molecule has 2 fully saturated rings. The first-order valence-corrected chi connectivity index (χ1v) is 22.3. The van der Waals surface area contributed by atoms with Crippen LogP contribution >= 0.6 is 0 Å². The third kappa shape index (κ3) is 12.7. The number of aliphatic hydroxyl groups is 2. The van der Waals surface area contributed by atoms with Crippen molar-refractivity contribution in [1.82, 2.24) is 0 Å². The highest BCUT2D eigenvalue weighted by molar-refractivity contribution is 5.91. The van der Waals surface area contributed by atoms with Crippen molar-refractivity contribution in [2.75, 3.05) is 13.2 Å². The Morgan fingerprint density at radius 2 is 0.768 bits per heavy atom. The molecule has 0 amide bonds. The number of hydrogen-bond donors (Lipinski definition) is 2. The molecule has 10 atom stereocenters. The predicted octanol–water partition coefficient (Wildman–Crippen LogP) is 6.51. The van der Waals surface area contributed by atoms with Gasteiger partial charge in [0.2, 0.25) is 0 Å². The van der Waals surface area contributed by atoms with E-state index in [9.17, 15) is 29.4 Å². The van der Waals surface area contributed by atoms with Gasteiger partial charge in [0.25, 0.3) is 0 Å². The number of carbonyl (C=O) groups is 4. The zero-order chi connectivity index (χ0) is 48.0. The molecule has 69 heavy (non-hydrogen) atoms. The maximum absolute atomic E-state index is 14.1. The van der Waals surface area contributed by atoms with Crippen LogP contribution in [0.25, 0.3) is 0 Å². The standard InChI is InChI=1S/C54H50O15/c55-43-46(62-32-36-21-9-2-10-22-36)44(61-31-35-19-7-1-8-20-35)41(65-53(43)60)34-64-54-48(69-52(59)40-29-17-6-18-30-40)47(68-51(58)39-27-15-5-16-28-39)45(67-50(57)38-25-13-4-14-26-38)42(66-54)33-63-49(56)37-23-11-3-12-24-37/h1-30,41-48,53-55,60H,31-34H2/t41-,42-,43-,44-,45-,46-,47+,48-,53+,54-/m1/s1. The fourth-order valence-corrected chi connectivity index (χ4v) is 7.82. The zero-order valence-corrected chi connectivity index (χ0v) is 37.1. The van der Waals surface area contributed by atoms with E-state index in [1.54, 1.807) is 84.9 Å². The zero-order valence-electron chi connectivity index (χ0n) is 37.1. The van der Waals surface area contributed by atoms with Crippen LogP contribution in [0.4, 0.5) is 0 Å². The van der Waals surface area contributed by atoms with Gasteiger partial charge in [0.05, 0.1) is 42.1 Å². The van der Waals surface area contributed by atoms with Crippen molar-refractivity contribution >= 4 is 23.9 Å². The van der Waals surface area contributed by atoms with Crippen LogP contribution in [0.2, 0.25) is 0 Å². The van der Waals surface area contributed by atoms with E-state index in [2.05, 4.69) is 0 Å². The van der Waals surface area contributed by atoms with Gasteiger partial charge in [-0.25, -0.2) is 19.2 Å². The topological polar surface area (TPSA) is 192 Å². The lowest BCUT2D eigenvalue weighted by Gasteiger charge is -2.46. The molecular weight excluding hydrogens is 889 g/mol. The molecule has 0 saturated carbocycles. The van der Waals surface area contributed by atoms with E-state index in [1.165, 1.54) is 36.4 Å². The fraction of sp³-hybridized carbons (Fsp3) is 0.259. The molecule has 15 nitrogen and oxygen atoms in total. The molecule has 2 saturated heterocycles. The van der Waals surface area contributed by atoms with Gasteiger partial charge in [0.1, 0.15) is 37.1 Å². The average Bonchev–Trinajstić information content (AvgIpc) is 3.40. The Morgan fingerprint density at radius 3 is 1.23 bits per heavy atom. The van der Waals surface area contributed by atoms with Gasteiger partial charge in [-0.05, 0) is 59.7 Å². The first kappa shape index (κ1) is 48.4. The lowest BCUT2D eigenvalue weighted by atomic mass is 9.97. The normalized spacial score (nSPS) is 24.3. The van der Waals surface area contributed by atoms with Crippen LogP contribution in [0.15, 0.2) is 182 Å². The number of carbonyl (C=O) groups excluding carboxylic acids is 4. The monoisotopic (exact) mass is 938 g/mol. The summed E-state index contributed by atoms with van der Waals surface area (Å²) in [7, 11) is 0. The van der Waals surface area contributed by atoms with Gasteiger partial charge in [-0.2, -0.15) is 0 Å². The lowest BCUT2D eigenvalue weighted by Crippen LogP contribution is -2.64. The predicted molar refractivity (Wildman–Crippen MR) is 245 cm³/mol. The summed E-state index contributed by atoms with van der Waals surface area (Å²) in [5.41, 5.74) is 2.13. The summed E-state index contributed by atoms with van der Waals surface area (Å²) in [5.74, 6) is -3.38. The van der Waals surface area contributed by atoms with Gasteiger partial charge < -0.3 is 52.8 Å². The second-order valence-electron chi connectivity index (χ2n) is 16.1. The minimum Gasteiger partial charge on any atom is -0.459 e. The van der Waals surface area contributed by atoms with E-state index in [0.29, 0.717) is 0 Å². The summed E-state index contributed by atoms with van der Waals surface area (Å²) >= 11 is 0. The summed E-state index contributed by atoms with van der Waals surface area (Å²) < 4.78 is 56.0. The Bertz CT molecular complexity index is 2550. The highest BCUT2D eigenvalue weighted by atomic mass is 16.7. The number of aliphatic hydroxyl groups excluding tert-OH is 2. The van der Waals surface area contributed by atoms with Crippen molar-refractivity contribution in [3.8, 4) is 0 Å². The van der Waals surface area contributed by atoms with E-state index in [-0.39, 0.29) is 35.5 Å². The summed E-state index contributed by atoms with van der Waals surface area (Å²) in [4.78, 5) is 55.6. The molecule has 0 unspecified atom stereocenters. The van der Waals surface area contributed by atoms with Gasteiger partial charge in [0, 0.05) is 0 Å². The summed E-state index contributed by atoms with van der Waals surface area (Å²) in [6, 6.07) is 50.6. The van der Waals surface area contributed by atoms with E-state index in [4.69, 9.17) is 42.6 Å². The lowest BCUT2D eigenvalue weighted by molar-refractivity contribution is -0.332. The first-order valence-electron chi connectivity index (χ1n) is 22.3. The van der Waals surface area contributed by atoms with Gasteiger partial charge >= 0.3 is 23.9 Å². The SMILES string of the molecule is O=C(OC[C@H]1O[C@@H](OC[C@H]2O[C@H](O)[C@H](O)[C@@H](OCc3ccccc3)[C@@H]2OCc2ccccc2)[C@H](OC(=O)c2ccccc2)[C@@H](OC(=O)c2ccccc2)[C@@H]1OC(=O)c1ccccc1)c1ccccc1. The third-order valence-electron chi connectivity index (χ3n) is 11.4. The van der Waals surface area contributed by atoms with E-state index in [1.807, 2.05) is 60.7 Å². The summed E-state index contributed by atoms with van der Waals surface area (Å²) in [6.45, 7) is -0.985. The molecule has 15 heteroatoms. The van der Waals surface area contributed by atoms with Crippen molar-refractivity contribution in [3.63, 3.8) is 0 Å². The molecule has 0 radical (unpaired) electrons. The van der Waals surface area contributed by atoms with Gasteiger partial charge in [0.15, 0.2) is 30.9 Å². The van der Waals surface area contributed by atoms with Crippen LogP contribution in [0, 0.1) is 0 Å². The Morgan fingerprint density at radius 1 is 0.391 bits per heavy atom. The fourth-order valence-electron chi connectivity index (χ4n) is 7.82. The van der Waals surface area contributed by atoms with Crippen LogP contribution in [0.1, 0.15) is 52.6 Å². The second kappa shape index (κ2) is 23.8. The number of hydrogen-bond acceptors (Lipinski definition) is 15. The minimum absolute atomic E-state index is 0.0391. The molecule has 0 aliphatic carbocycles. The Balaban J connectivity index is 1.16. The smallest absolute Gasteiger partial charge is 0.338 e. The van der Waals surface area contributed by atoms with Crippen LogP contribution in [0.3, 0.4) is 0 Å². The van der Waals surface area contributed by atoms with Crippen LogP contribution in [-0.4, -0.2) is 109 Å². The number of ether oxygens (including phenoxy) is 9. The van der Waals surface area contributed by atoms with Gasteiger partial charge in [-0.15, -0.1) is 0 Å². The molecule has 356 valence electrons. The quantitative estimate of drug-likeness (QED) is 0.0700. The van der Waals surface area contributed by atoms with E-state index in [0.717, 1.165) is 11.1 Å². The molecule has 6 aromatic carbocycles. The molecule has 6 aromatic rings. The number of esters is 4. The van der Waals surface area contributed by atoms with E-state index >= 15 is 0 Å². The molecule has 0 bridgehead atoms. The molecular formula is C54H50O15. The largest absolute Gasteiger partial charge is 0.459 e. The maximum Gasteiger partial charge on any atom is 0.338 e. The highest BCUT2D eigenvalue weighted by Crippen LogP contribution is 2.34. The first-order chi connectivity index (χ1) is 33.7. The molecule has 0 spiro atoms. The number of benzene rings is 6. The van der Waals surface area contributed by atoms with Crippen LogP contribution < -0.4 is 0 Å². The average molecular weight is 939 g/mol. The van der Waals surface area contributed by atoms with Crippen molar-refractivity contribution in [2.45, 2.75) is 74.6 Å². The summed E-state index contributed by atoms with van der Waals surface area (Å²) in [6.07, 6.45) is -14.9. The third-order valence-corrected chi connectivity index (χ3v) is 11.4. The highest BCUT2D eigenvalue weighted by Gasteiger charge is 2.55. The molecule has 8 rings (SSSR count). The summed E-state index contributed by atoms with van der Waals surface area (Å²) in [5, 5.41) is 22.5. The molecule has 2 heterocycles. The minimum atomic E-state index is -1.78. The second-order valence-corrected chi connectivity index (χ2v) is 16.1. The molecule has 0 aromatic heterocycles. The van der Waals surface area contributed by atoms with Crippen LogP contribution in [0.5, 0.6) is 0 Å². The molecule has 2 aliphatic heterocycles. The number of rotatable bonds is 18. The van der Waals surface area contributed by atoms with Gasteiger partial charge in [-0.1, -0.05) is 133 Å². The van der Waals surface area contributed by atoms with E-state index < -0.39 is 98.5 Å². The van der Waals surface area contributed by atoms with Gasteiger partial charge in [-0.3, -0.25) is 0 Å². The maximum atomic E-state index is 14.1. The Hall–Kier alpha value is -7.08. The van der Waals surface area contributed by atoms with Crippen molar-refractivity contribution in [3.05, 3.63) is 215 Å². The Labute approximate surface area is 398 Å². The Kier molecular flexibility index (Phi) is 16.7. The van der Waals surface area contributed by atoms with Crippen molar-refractivity contribution in [2.24, 2.45) is 0 Å². The van der Waals surface area contributed by atoms with Crippen LogP contribution in [-0.2, 0) is 55.8 Å². The molecule has 2 aliphatic rings.